The van der Waals surface area contributed by atoms with Crippen molar-refractivity contribution in [3.8, 4) is 0 Å². The highest BCUT2D eigenvalue weighted by Crippen LogP contribution is 2.22. The third-order valence-corrected chi connectivity index (χ3v) is 2.99. The Morgan fingerprint density at radius 2 is 2.00 bits per heavy atom. The van der Waals surface area contributed by atoms with Crippen LogP contribution in [0.2, 0.25) is 0 Å². The predicted octanol–water partition coefficient (Wildman–Crippen LogP) is 1.54. The van der Waals surface area contributed by atoms with E-state index in [2.05, 4.69) is 31.6 Å². The summed E-state index contributed by atoms with van der Waals surface area (Å²) in [5.41, 5.74) is 6.60. The van der Waals surface area contributed by atoms with E-state index in [9.17, 15) is 0 Å². The molecular formula is C9H20N2. The van der Waals surface area contributed by atoms with Crippen LogP contribution in [-0.2, 0) is 0 Å². The number of hydrazine groups is 1. The van der Waals surface area contributed by atoms with Gasteiger partial charge in [-0.2, -0.15) is 0 Å². The van der Waals surface area contributed by atoms with Crippen LogP contribution in [0, 0.1) is 11.8 Å². The molecule has 0 aromatic carbocycles. The molecule has 0 bridgehead atoms. The first-order valence-electron chi connectivity index (χ1n) is 4.78. The van der Waals surface area contributed by atoms with Gasteiger partial charge in [0.05, 0.1) is 0 Å². The van der Waals surface area contributed by atoms with Crippen molar-refractivity contribution in [3.63, 3.8) is 0 Å². The van der Waals surface area contributed by atoms with Crippen LogP contribution in [0.3, 0.4) is 0 Å². The molecule has 11 heavy (non-hydrogen) atoms. The molecule has 0 amide bonds. The fourth-order valence-electron chi connectivity index (χ4n) is 1.96. The van der Waals surface area contributed by atoms with Gasteiger partial charge < -0.3 is 0 Å². The first-order valence-corrected chi connectivity index (χ1v) is 4.78. The fourth-order valence-corrected chi connectivity index (χ4v) is 1.96. The fraction of sp³-hybridized carbons (Fsp3) is 1.00. The monoisotopic (exact) mass is 156 g/mol. The lowest BCUT2D eigenvalue weighted by Crippen LogP contribution is -2.54. The predicted molar refractivity (Wildman–Crippen MR) is 48.2 cm³/mol. The minimum Gasteiger partial charge on any atom is -0.257 e. The van der Waals surface area contributed by atoms with E-state index in [1.807, 2.05) is 0 Å². The Morgan fingerprint density at radius 3 is 2.55 bits per heavy atom. The zero-order valence-electron chi connectivity index (χ0n) is 7.85. The molecule has 0 aliphatic carbocycles. The van der Waals surface area contributed by atoms with Crippen molar-refractivity contribution in [3.05, 3.63) is 0 Å². The Hall–Kier alpha value is -0.0800. The summed E-state index contributed by atoms with van der Waals surface area (Å²) in [5, 5.41) is 0. The van der Waals surface area contributed by atoms with E-state index in [-0.39, 0.29) is 0 Å². The van der Waals surface area contributed by atoms with E-state index in [1.54, 1.807) is 0 Å². The number of rotatable bonds is 2. The van der Waals surface area contributed by atoms with Crippen molar-refractivity contribution >= 4 is 0 Å². The standard InChI is InChI=1S/C9H20N2/c1-4-8-6-10-11-9(5-2)7(8)3/h7-11H,4-6H2,1-3H3. The number of nitrogens with one attached hydrogen (secondary N) is 2. The van der Waals surface area contributed by atoms with Gasteiger partial charge in [-0.05, 0) is 18.3 Å². The van der Waals surface area contributed by atoms with Crippen molar-refractivity contribution in [1.82, 2.24) is 10.9 Å². The maximum atomic E-state index is 3.33. The van der Waals surface area contributed by atoms with Crippen LogP contribution in [0.5, 0.6) is 0 Å². The van der Waals surface area contributed by atoms with Gasteiger partial charge in [-0.3, -0.25) is 10.9 Å². The highest BCUT2D eigenvalue weighted by atomic mass is 15.4. The average molecular weight is 156 g/mol. The minimum atomic E-state index is 0.675. The van der Waals surface area contributed by atoms with E-state index < -0.39 is 0 Å². The van der Waals surface area contributed by atoms with Gasteiger partial charge in [0, 0.05) is 12.6 Å². The maximum Gasteiger partial charge on any atom is 0.0239 e. The van der Waals surface area contributed by atoms with Crippen LogP contribution in [0.1, 0.15) is 33.6 Å². The summed E-state index contributed by atoms with van der Waals surface area (Å²) in [5.74, 6) is 1.69. The Bertz CT molecular complexity index is 102. The van der Waals surface area contributed by atoms with Crippen molar-refractivity contribution in [2.45, 2.75) is 39.7 Å². The van der Waals surface area contributed by atoms with E-state index >= 15 is 0 Å². The van der Waals surface area contributed by atoms with Gasteiger partial charge in [0.25, 0.3) is 0 Å². The summed E-state index contributed by atoms with van der Waals surface area (Å²) >= 11 is 0. The van der Waals surface area contributed by atoms with Crippen LogP contribution in [0.25, 0.3) is 0 Å². The van der Waals surface area contributed by atoms with E-state index in [0.29, 0.717) is 6.04 Å². The molecule has 0 aromatic rings. The minimum absolute atomic E-state index is 0.675. The second kappa shape index (κ2) is 4.07. The average Bonchev–Trinajstić information content (AvgIpc) is 2.05. The number of hydrogen-bond donors (Lipinski definition) is 2. The molecule has 0 saturated carbocycles. The molecule has 0 spiro atoms. The van der Waals surface area contributed by atoms with Gasteiger partial charge in [0.15, 0.2) is 0 Å². The van der Waals surface area contributed by atoms with Gasteiger partial charge in [-0.1, -0.05) is 27.2 Å². The molecule has 1 aliphatic rings. The smallest absolute Gasteiger partial charge is 0.0239 e. The van der Waals surface area contributed by atoms with E-state index in [0.717, 1.165) is 18.4 Å². The summed E-state index contributed by atoms with van der Waals surface area (Å²) in [6.07, 6.45) is 2.52. The summed E-state index contributed by atoms with van der Waals surface area (Å²) in [6, 6.07) is 0.675. The third-order valence-electron chi connectivity index (χ3n) is 2.99. The molecule has 3 unspecified atom stereocenters. The van der Waals surface area contributed by atoms with Crippen LogP contribution in [0.4, 0.5) is 0 Å². The molecule has 1 fully saturated rings. The molecule has 0 aromatic heterocycles. The highest BCUT2D eigenvalue weighted by molar-refractivity contribution is 4.81. The summed E-state index contributed by atoms with van der Waals surface area (Å²) in [4.78, 5) is 0. The molecule has 1 aliphatic heterocycles. The van der Waals surface area contributed by atoms with Gasteiger partial charge in [0.2, 0.25) is 0 Å². The molecule has 1 saturated heterocycles. The normalized spacial score (nSPS) is 39.0. The molecule has 66 valence electrons. The number of hydrogen-bond acceptors (Lipinski definition) is 2. The lowest BCUT2D eigenvalue weighted by Gasteiger charge is -2.36. The van der Waals surface area contributed by atoms with Crippen LogP contribution in [-0.4, -0.2) is 12.6 Å². The van der Waals surface area contributed by atoms with Crippen molar-refractivity contribution in [2.24, 2.45) is 11.8 Å². The highest BCUT2D eigenvalue weighted by Gasteiger charge is 2.26. The Balaban J connectivity index is 2.45. The largest absolute Gasteiger partial charge is 0.257 e. The topological polar surface area (TPSA) is 24.1 Å². The molecule has 2 heteroatoms. The molecule has 2 N–H and O–H groups in total. The Morgan fingerprint density at radius 1 is 1.27 bits per heavy atom. The van der Waals surface area contributed by atoms with Gasteiger partial charge >= 0.3 is 0 Å². The molecule has 0 radical (unpaired) electrons. The van der Waals surface area contributed by atoms with E-state index in [1.165, 1.54) is 12.8 Å². The quantitative estimate of drug-likeness (QED) is 0.633. The molecule has 3 atom stereocenters. The van der Waals surface area contributed by atoms with Gasteiger partial charge in [-0.25, -0.2) is 0 Å². The summed E-state index contributed by atoms with van der Waals surface area (Å²) in [7, 11) is 0. The Kier molecular flexibility index (Phi) is 3.34. The molecule has 2 nitrogen and oxygen atoms in total. The van der Waals surface area contributed by atoms with Crippen LogP contribution in [0.15, 0.2) is 0 Å². The Labute approximate surface area is 69.7 Å². The van der Waals surface area contributed by atoms with Gasteiger partial charge in [0.1, 0.15) is 0 Å². The van der Waals surface area contributed by atoms with E-state index in [4.69, 9.17) is 0 Å². The van der Waals surface area contributed by atoms with Crippen LogP contribution >= 0.6 is 0 Å². The lowest BCUT2D eigenvalue weighted by atomic mass is 9.83. The maximum absolute atomic E-state index is 3.33. The zero-order valence-corrected chi connectivity index (χ0v) is 7.85. The SMILES string of the molecule is CCC1CNNC(CC)C1C. The van der Waals surface area contributed by atoms with Gasteiger partial charge in [-0.15, -0.1) is 0 Å². The zero-order chi connectivity index (χ0) is 8.27. The molecule has 1 heterocycles. The summed E-state index contributed by atoms with van der Waals surface area (Å²) < 4.78 is 0. The molecule has 1 rings (SSSR count). The molecular weight excluding hydrogens is 136 g/mol. The summed E-state index contributed by atoms with van der Waals surface area (Å²) in [6.45, 7) is 8.01. The second-order valence-electron chi connectivity index (χ2n) is 3.57. The van der Waals surface area contributed by atoms with Crippen molar-refractivity contribution < 1.29 is 0 Å². The first kappa shape index (κ1) is 9.01. The lowest BCUT2D eigenvalue weighted by molar-refractivity contribution is 0.171. The second-order valence-corrected chi connectivity index (χ2v) is 3.57. The first-order chi connectivity index (χ1) is 5.29. The van der Waals surface area contributed by atoms with Crippen molar-refractivity contribution in [2.75, 3.05) is 6.54 Å². The third kappa shape index (κ3) is 1.94. The van der Waals surface area contributed by atoms with Crippen molar-refractivity contribution in [1.29, 1.82) is 0 Å². The van der Waals surface area contributed by atoms with Crippen LogP contribution < -0.4 is 10.9 Å².